The van der Waals surface area contributed by atoms with Crippen molar-refractivity contribution in [2.24, 2.45) is 0 Å². The number of hydrogen-bond acceptors (Lipinski definition) is 2. The Morgan fingerprint density at radius 3 is 2.35 bits per heavy atom. The lowest BCUT2D eigenvalue weighted by Gasteiger charge is -2.34. The molecular formula is C20H19Cl2FN2O. The second kappa shape index (κ2) is 8.67. The van der Waals surface area contributed by atoms with Crippen LogP contribution in [0.4, 0.5) is 4.39 Å². The van der Waals surface area contributed by atoms with Gasteiger partial charge >= 0.3 is 0 Å². The lowest BCUT2D eigenvalue weighted by Crippen LogP contribution is -2.47. The maximum Gasteiger partial charge on any atom is 0.246 e. The molecule has 0 radical (unpaired) electrons. The van der Waals surface area contributed by atoms with Gasteiger partial charge in [0.05, 0.1) is 10.0 Å². The van der Waals surface area contributed by atoms with Crippen molar-refractivity contribution < 1.29 is 9.18 Å². The molecule has 1 saturated heterocycles. The third-order valence-electron chi connectivity index (χ3n) is 4.36. The Kier molecular flexibility index (Phi) is 6.30. The molecule has 3 nitrogen and oxygen atoms in total. The van der Waals surface area contributed by atoms with Crippen molar-refractivity contribution in [1.82, 2.24) is 9.80 Å². The van der Waals surface area contributed by atoms with Gasteiger partial charge < -0.3 is 4.90 Å². The summed E-state index contributed by atoms with van der Waals surface area (Å²) in [4.78, 5) is 16.4. The van der Waals surface area contributed by atoms with Crippen LogP contribution in [-0.2, 0) is 11.3 Å². The third kappa shape index (κ3) is 5.07. The summed E-state index contributed by atoms with van der Waals surface area (Å²) in [5, 5.41) is 1.11. The van der Waals surface area contributed by atoms with Crippen molar-refractivity contribution in [1.29, 1.82) is 0 Å². The molecule has 3 rings (SSSR count). The molecular weight excluding hydrogens is 374 g/mol. The zero-order chi connectivity index (χ0) is 18.5. The third-order valence-corrected chi connectivity index (χ3v) is 5.10. The quantitative estimate of drug-likeness (QED) is 0.715. The molecule has 0 aliphatic carbocycles. The van der Waals surface area contributed by atoms with Crippen molar-refractivity contribution >= 4 is 35.2 Å². The number of rotatable bonds is 4. The summed E-state index contributed by atoms with van der Waals surface area (Å²) in [5.74, 6) is -0.310. The number of halogens is 3. The van der Waals surface area contributed by atoms with E-state index in [1.54, 1.807) is 30.4 Å². The minimum atomic E-state index is -0.286. The van der Waals surface area contributed by atoms with Crippen LogP contribution in [0, 0.1) is 5.82 Å². The average Bonchev–Trinajstić information content (AvgIpc) is 2.65. The van der Waals surface area contributed by atoms with Gasteiger partial charge in [-0.1, -0.05) is 41.4 Å². The molecule has 1 aliphatic rings. The Labute approximate surface area is 162 Å². The first-order valence-corrected chi connectivity index (χ1v) is 9.16. The van der Waals surface area contributed by atoms with Crippen LogP contribution in [0.5, 0.6) is 0 Å². The van der Waals surface area contributed by atoms with Crippen LogP contribution in [-0.4, -0.2) is 41.9 Å². The lowest BCUT2D eigenvalue weighted by atomic mass is 10.2. The minimum Gasteiger partial charge on any atom is -0.337 e. The zero-order valence-corrected chi connectivity index (χ0v) is 15.7. The smallest absolute Gasteiger partial charge is 0.246 e. The van der Waals surface area contributed by atoms with Gasteiger partial charge in [-0.3, -0.25) is 9.69 Å². The first-order valence-electron chi connectivity index (χ1n) is 8.40. The molecule has 26 heavy (non-hydrogen) atoms. The van der Waals surface area contributed by atoms with E-state index in [0.29, 0.717) is 23.1 Å². The molecule has 6 heteroatoms. The number of nitrogens with zero attached hydrogens (tertiary/aromatic N) is 2. The van der Waals surface area contributed by atoms with Crippen LogP contribution >= 0.6 is 23.2 Å². The Bertz CT molecular complexity index is 800. The van der Waals surface area contributed by atoms with E-state index in [4.69, 9.17) is 23.2 Å². The van der Waals surface area contributed by atoms with Gasteiger partial charge in [0, 0.05) is 38.8 Å². The first kappa shape index (κ1) is 18.9. The SMILES string of the molecule is O=C(/C=C/c1ccc(F)cc1)N1CCN(Cc2ccc(Cl)c(Cl)c2)CC1. The van der Waals surface area contributed by atoms with E-state index < -0.39 is 0 Å². The molecule has 0 N–H and O–H groups in total. The Balaban J connectivity index is 1.50. The molecule has 0 saturated carbocycles. The monoisotopic (exact) mass is 392 g/mol. The second-order valence-corrected chi connectivity index (χ2v) is 7.05. The zero-order valence-electron chi connectivity index (χ0n) is 14.2. The van der Waals surface area contributed by atoms with E-state index in [-0.39, 0.29) is 11.7 Å². The number of hydrogen-bond donors (Lipinski definition) is 0. The minimum absolute atomic E-state index is 0.0245. The van der Waals surface area contributed by atoms with Crippen LogP contribution in [0.25, 0.3) is 6.08 Å². The van der Waals surface area contributed by atoms with Gasteiger partial charge in [0.2, 0.25) is 5.91 Å². The van der Waals surface area contributed by atoms with E-state index in [1.807, 2.05) is 17.0 Å². The highest BCUT2D eigenvalue weighted by molar-refractivity contribution is 6.42. The lowest BCUT2D eigenvalue weighted by molar-refractivity contribution is -0.127. The Morgan fingerprint density at radius 2 is 1.69 bits per heavy atom. The van der Waals surface area contributed by atoms with Gasteiger partial charge in [-0.2, -0.15) is 0 Å². The molecule has 2 aromatic rings. The maximum absolute atomic E-state index is 12.9. The fourth-order valence-corrected chi connectivity index (χ4v) is 3.19. The summed E-state index contributed by atoms with van der Waals surface area (Å²) in [6, 6.07) is 11.7. The number of benzene rings is 2. The van der Waals surface area contributed by atoms with Gasteiger partial charge in [-0.15, -0.1) is 0 Å². The van der Waals surface area contributed by atoms with Crippen LogP contribution in [0.2, 0.25) is 10.0 Å². The van der Waals surface area contributed by atoms with Gasteiger partial charge in [-0.25, -0.2) is 4.39 Å². The molecule has 0 bridgehead atoms. The van der Waals surface area contributed by atoms with Crippen LogP contribution in [0.15, 0.2) is 48.5 Å². The first-order chi connectivity index (χ1) is 12.5. The number of piperazine rings is 1. The molecule has 136 valence electrons. The Morgan fingerprint density at radius 1 is 1.00 bits per heavy atom. The van der Waals surface area contributed by atoms with Crippen molar-refractivity contribution in [3.8, 4) is 0 Å². The molecule has 0 atom stereocenters. The highest BCUT2D eigenvalue weighted by Crippen LogP contribution is 2.23. The normalized spacial score (nSPS) is 15.6. The van der Waals surface area contributed by atoms with Crippen molar-refractivity contribution in [3.63, 3.8) is 0 Å². The van der Waals surface area contributed by atoms with Gasteiger partial charge in [0.15, 0.2) is 0 Å². The fraction of sp³-hybridized carbons (Fsp3) is 0.250. The summed E-state index contributed by atoms with van der Waals surface area (Å²) in [6.07, 6.45) is 3.26. The molecule has 1 fully saturated rings. The number of carbonyl (C=O) groups is 1. The van der Waals surface area contributed by atoms with Crippen molar-refractivity contribution in [3.05, 3.63) is 75.5 Å². The van der Waals surface area contributed by atoms with Crippen LogP contribution in [0.3, 0.4) is 0 Å². The highest BCUT2D eigenvalue weighted by atomic mass is 35.5. The molecule has 0 spiro atoms. The predicted octanol–water partition coefficient (Wildman–Crippen LogP) is 4.49. The van der Waals surface area contributed by atoms with Crippen molar-refractivity contribution in [2.75, 3.05) is 26.2 Å². The maximum atomic E-state index is 12.9. The van der Waals surface area contributed by atoms with Gasteiger partial charge in [-0.05, 0) is 41.5 Å². The van der Waals surface area contributed by atoms with E-state index in [0.717, 1.165) is 30.8 Å². The number of amides is 1. The summed E-state index contributed by atoms with van der Waals surface area (Å²) in [5.41, 5.74) is 1.91. The summed E-state index contributed by atoms with van der Waals surface area (Å²) >= 11 is 12.0. The van der Waals surface area contributed by atoms with E-state index in [1.165, 1.54) is 12.1 Å². The average molecular weight is 393 g/mol. The largest absolute Gasteiger partial charge is 0.337 e. The van der Waals surface area contributed by atoms with E-state index >= 15 is 0 Å². The molecule has 0 unspecified atom stereocenters. The molecule has 1 amide bonds. The van der Waals surface area contributed by atoms with E-state index in [2.05, 4.69) is 4.90 Å². The topological polar surface area (TPSA) is 23.6 Å². The summed E-state index contributed by atoms with van der Waals surface area (Å²) in [7, 11) is 0. The standard InChI is InChI=1S/C20H19Cl2FN2O/c21-18-7-3-16(13-19(18)22)14-24-9-11-25(12-10-24)20(26)8-4-15-1-5-17(23)6-2-15/h1-8,13H,9-12,14H2/b8-4+. The number of carbonyl (C=O) groups excluding carboxylic acids is 1. The van der Waals surface area contributed by atoms with Gasteiger partial charge in [0.1, 0.15) is 5.82 Å². The molecule has 2 aromatic carbocycles. The second-order valence-electron chi connectivity index (χ2n) is 6.23. The van der Waals surface area contributed by atoms with Crippen LogP contribution < -0.4 is 0 Å². The molecule has 1 aliphatic heterocycles. The van der Waals surface area contributed by atoms with Crippen LogP contribution in [0.1, 0.15) is 11.1 Å². The fourth-order valence-electron chi connectivity index (χ4n) is 2.87. The molecule has 0 aromatic heterocycles. The van der Waals surface area contributed by atoms with Gasteiger partial charge in [0.25, 0.3) is 0 Å². The highest BCUT2D eigenvalue weighted by Gasteiger charge is 2.19. The summed E-state index contributed by atoms with van der Waals surface area (Å²) in [6.45, 7) is 3.74. The molecule has 1 heterocycles. The predicted molar refractivity (Wildman–Crippen MR) is 104 cm³/mol. The van der Waals surface area contributed by atoms with E-state index in [9.17, 15) is 9.18 Å². The summed E-state index contributed by atoms with van der Waals surface area (Å²) < 4.78 is 12.9. The van der Waals surface area contributed by atoms with Crippen molar-refractivity contribution in [2.45, 2.75) is 6.54 Å². The Hall–Kier alpha value is -1.88.